The van der Waals surface area contributed by atoms with E-state index >= 15 is 0 Å². The van der Waals surface area contributed by atoms with Crippen molar-refractivity contribution in [3.63, 3.8) is 0 Å². The fourth-order valence-electron chi connectivity index (χ4n) is 2.69. The van der Waals surface area contributed by atoms with Gasteiger partial charge in [0, 0.05) is 31.3 Å². The van der Waals surface area contributed by atoms with E-state index in [4.69, 9.17) is 0 Å². The Labute approximate surface area is 158 Å². The minimum absolute atomic E-state index is 0.0608. The number of Topliss-reactive ketones (excluding diaryl/α,β-unsaturated/α-hetero) is 1. The highest BCUT2D eigenvalue weighted by Crippen LogP contribution is 2.14. The summed E-state index contributed by atoms with van der Waals surface area (Å²) in [5.74, 6) is 0.737. The molecule has 1 amide bonds. The van der Waals surface area contributed by atoms with Crippen LogP contribution in [0.5, 0.6) is 0 Å². The molecule has 0 aliphatic carbocycles. The van der Waals surface area contributed by atoms with Gasteiger partial charge in [-0.1, -0.05) is 20.8 Å². The third kappa shape index (κ3) is 9.09. The average Bonchev–Trinajstić information content (AvgIpc) is 2.56. The normalized spacial score (nSPS) is 12.9. The molecule has 1 N–H and O–H groups in total. The first-order chi connectivity index (χ1) is 12.1. The van der Waals surface area contributed by atoms with Crippen molar-refractivity contribution < 1.29 is 14.1 Å². The van der Waals surface area contributed by atoms with Crippen molar-refractivity contribution in [3.05, 3.63) is 29.6 Å². The Balaban J connectivity index is 2.47. The van der Waals surface area contributed by atoms with Gasteiger partial charge < -0.3 is 9.80 Å². The van der Waals surface area contributed by atoms with Crippen LogP contribution >= 0.6 is 0 Å². The zero-order valence-corrected chi connectivity index (χ0v) is 17.3. The van der Waals surface area contributed by atoms with Crippen LogP contribution in [0.3, 0.4) is 0 Å². The molecule has 1 heterocycles. The third-order valence-corrected chi connectivity index (χ3v) is 4.46. The predicted molar refractivity (Wildman–Crippen MR) is 106 cm³/mol. The molecule has 26 heavy (non-hydrogen) atoms. The highest BCUT2D eigenvalue weighted by molar-refractivity contribution is 5.94. The van der Waals surface area contributed by atoms with Gasteiger partial charge in [-0.2, -0.15) is 0 Å². The molecule has 1 aromatic rings. The van der Waals surface area contributed by atoms with Crippen molar-refractivity contribution in [1.82, 2.24) is 10.3 Å². The lowest BCUT2D eigenvalue weighted by molar-refractivity contribution is -0.870. The molecule has 0 aliphatic rings. The fraction of sp³-hybridized carbons (Fsp3) is 0.667. The van der Waals surface area contributed by atoms with Crippen molar-refractivity contribution in [2.45, 2.75) is 46.5 Å². The summed E-state index contributed by atoms with van der Waals surface area (Å²) in [6.07, 6.45) is 6.72. The molecule has 0 bridgehead atoms. The standard InChI is InChI=1S/C21H35N3O2/c1-16(2)20(25)8-7-10-23-21(26)19-13-18(14-22-15-19)12-17(3)9-11-24(4,5)6/h13-17H,7-12H2,1-6H3/p+1. The van der Waals surface area contributed by atoms with Crippen molar-refractivity contribution in [2.75, 3.05) is 34.2 Å². The summed E-state index contributed by atoms with van der Waals surface area (Å²) in [5, 5.41) is 2.89. The summed E-state index contributed by atoms with van der Waals surface area (Å²) < 4.78 is 0.963. The Morgan fingerprint density at radius 1 is 1.15 bits per heavy atom. The van der Waals surface area contributed by atoms with E-state index in [1.165, 1.54) is 0 Å². The monoisotopic (exact) mass is 362 g/mol. The molecule has 0 radical (unpaired) electrons. The SMILES string of the molecule is CC(CC[N+](C)(C)C)Cc1cncc(C(=O)NCCCC(=O)C(C)C)c1. The number of pyridine rings is 1. The Bertz CT molecular complexity index is 591. The molecular formula is C21H36N3O2+. The maximum Gasteiger partial charge on any atom is 0.252 e. The van der Waals surface area contributed by atoms with Crippen LogP contribution in [0.25, 0.3) is 0 Å². The van der Waals surface area contributed by atoms with Crippen LogP contribution in [-0.2, 0) is 11.2 Å². The van der Waals surface area contributed by atoms with Gasteiger partial charge in [-0.3, -0.25) is 14.6 Å². The van der Waals surface area contributed by atoms with Crippen molar-refractivity contribution in [3.8, 4) is 0 Å². The lowest BCUT2D eigenvalue weighted by atomic mass is 9.98. The summed E-state index contributed by atoms with van der Waals surface area (Å²) in [6, 6.07) is 1.93. The average molecular weight is 363 g/mol. The number of nitrogens with zero attached hydrogens (tertiary/aromatic N) is 2. The van der Waals surface area contributed by atoms with E-state index < -0.39 is 0 Å². The first-order valence-electron chi connectivity index (χ1n) is 9.64. The summed E-state index contributed by atoms with van der Waals surface area (Å²) in [7, 11) is 6.61. The molecule has 0 saturated carbocycles. The van der Waals surface area contributed by atoms with Gasteiger partial charge >= 0.3 is 0 Å². The first-order valence-corrected chi connectivity index (χ1v) is 9.64. The van der Waals surface area contributed by atoms with Crippen molar-refractivity contribution in [1.29, 1.82) is 0 Å². The lowest BCUT2D eigenvalue weighted by Crippen LogP contribution is -2.36. The van der Waals surface area contributed by atoms with Crippen molar-refractivity contribution in [2.24, 2.45) is 11.8 Å². The molecule has 0 aromatic carbocycles. The van der Waals surface area contributed by atoms with Crippen LogP contribution < -0.4 is 5.32 Å². The van der Waals surface area contributed by atoms with Gasteiger partial charge in [-0.25, -0.2) is 0 Å². The Morgan fingerprint density at radius 3 is 2.46 bits per heavy atom. The Hall–Kier alpha value is -1.75. The zero-order valence-electron chi connectivity index (χ0n) is 17.3. The molecular weight excluding hydrogens is 326 g/mol. The maximum absolute atomic E-state index is 12.3. The van der Waals surface area contributed by atoms with Crippen LogP contribution in [0, 0.1) is 11.8 Å². The number of quaternary nitrogens is 1. The summed E-state index contributed by atoms with van der Waals surface area (Å²) in [4.78, 5) is 28.1. The van der Waals surface area contributed by atoms with Gasteiger partial charge in [0.15, 0.2) is 0 Å². The smallest absolute Gasteiger partial charge is 0.252 e. The van der Waals surface area contributed by atoms with Crippen LogP contribution in [0.4, 0.5) is 0 Å². The largest absolute Gasteiger partial charge is 0.352 e. The Morgan fingerprint density at radius 2 is 1.85 bits per heavy atom. The summed E-state index contributed by atoms with van der Waals surface area (Å²) >= 11 is 0. The number of hydrogen-bond acceptors (Lipinski definition) is 3. The van der Waals surface area contributed by atoms with Crippen molar-refractivity contribution >= 4 is 11.7 Å². The molecule has 5 nitrogen and oxygen atoms in total. The molecule has 146 valence electrons. The third-order valence-electron chi connectivity index (χ3n) is 4.46. The van der Waals surface area contributed by atoms with Gasteiger partial charge in [-0.05, 0) is 36.8 Å². The second-order valence-corrected chi connectivity index (χ2v) is 8.67. The number of nitrogens with one attached hydrogen (secondary N) is 1. The van der Waals surface area contributed by atoms with E-state index in [2.05, 4.69) is 38.4 Å². The highest BCUT2D eigenvalue weighted by atomic mass is 16.1. The van der Waals surface area contributed by atoms with Crippen LogP contribution in [0.1, 0.15) is 56.0 Å². The van der Waals surface area contributed by atoms with Gasteiger partial charge in [-0.15, -0.1) is 0 Å². The topological polar surface area (TPSA) is 59.1 Å². The second-order valence-electron chi connectivity index (χ2n) is 8.67. The molecule has 0 fully saturated rings. The van der Waals surface area contributed by atoms with Crippen LogP contribution in [0.15, 0.2) is 18.5 Å². The lowest BCUT2D eigenvalue weighted by Gasteiger charge is -2.25. The van der Waals surface area contributed by atoms with E-state index in [9.17, 15) is 9.59 Å². The molecule has 1 atom stereocenters. The predicted octanol–water partition coefficient (Wildman–Crippen LogP) is 3.09. The molecule has 0 aliphatic heterocycles. The van der Waals surface area contributed by atoms with Gasteiger partial charge in [0.05, 0.1) is 33.3 Å². The number of carbonyl (C=O) groups excluding carboxylic acids is 2. The minimum atomic E-state index is -0.115. The van der Waals surface area contributed by atoms with E-state index in [1.807, 2.05) is 26.1 Å². The second kappa shape index (κ2) is 10.4. The molecule has 0 saturated heterocycles. The van der Waals surface area contributed by atoms with Gasteiger partial charge in [0.25, 0.3) is 5.91 Å². The molecule has 1 aromatic heterocycles. The number of aromatic nitrogens is 1. The fourth-order valence-corrected chi connectivity index (χ4v) is 2.69. The maximum atomic E-state index is 12.3. The number of carbonyl (C=O) groups is 2. The van der Waals surface area contributed by atoms with Crippen LogP contribution in [0.2, 0.25) is 0 Å². The van der Waals surface area contributed by atoms with Gasteiger partial charge in [0.1, 0.15) is 5.78 Å². The van der Waals surface area contributed by atoms with Crippen LogP contribution in [-0.4, -0.2) is 55.4 Å². The number of rotatable bonds is 11. The van der Waals surface area contributed by atoms with E-state index in [0.29, 0.717) is 30.9 Å². The summed E-state index contributed by atoms with van der Waals surface area (Å²) in [5.41, 5.74) is 1.69. The van der Waals surface area contributed by atoms with Gasteiger partial charge in [0.2, 0.25) is 0 Å². The molecule has 0 spiro atoms. The highest BCUT2D eigenvalue weighted by Gasteiger charge is 2.13. The minimum Gasteiger partial charge on any atom is -0.352 e. The van der Waals surface area contributed by atoms with E-state index in [-0.39, 0.29) is 17.6 Å². The molecule has 1 rings (SSSR count). The first kappa shape index (κ1) is 22.3. The molecule has 5 heteroatoms. The number of amides is 1. The van der Waals surface area contributed by atoms with E-state index in [0.717, 1.165) is 29.4 Å². The zero-order chi connectivity index (χ0) is 19.7. The van der Waals surface area contributed by atoms with E-state index in [1.54, 1.807) is 6.20 Å². The number of ketones is 1. The Kier molecular flexibility index (Phi) is 8.93. The summed E-state index contributed by atoms with van der Waals surface area (Å²) in [6.45, 7) is 7.69. The quantitative estimate of drug-likeness (QED) is 0.486. The molecule has 1 unspecified atom stereocenters. The number of hydrogen-bond donors (Lipinski definition) is 1.